The second kappa shape index (κ2) is 12.9. The van der Waals surface area contributed by atoms with E-state index < -0.39 is 20.1 Å². The van der Waals surface area contributed by atoms with E-state index in [-0.39, 0.29) is 32.0 Å². The Balaban J connectivity index is 0. The van der Waals surface area contributed by atoms with Crippen LogP contribution in [0.1, 0.15) is 6.92 Å². The van der Waals surface area contributed by atoms with E-state index in [4.69, 9.17) is 33.8 Å². The van der Waals surface area contributed by atoms with Gasteiger partial charge in [0.05, 0.1) is 26.4 Å². The number of ether oxygens (including phenoxy) is 3. The third-order valence-corrected chi connectivity index (χ3v) is 1.46. The number of carbonyl (C=O) groups is 1. The van der Waals surface area contributed by atoms with Crippen LogP contribution in [0.5, 0.6) is 0 Å². The van der Waals surface area contributed by atoms with E-state index in [1.54, 1.807) is 0 Å². The van der Waals surface area contributed by atoms with Crippen LogP contribution in [0, 0.1) is 0 Å². The molecule has 0 saturated heterocycles. The van der Waals surface area contributed by atoms with Crippen LogP contribution in [0.3, 0.4) is 0 Å². The van der Waals surface area contributed by atoms with Crippen molar-refractivity contribution in [3.63, 3.8) is 0 Å². The SMILES string of the molecule is C=C(C)C(=O)OC(O)COCCOCCO.O=P(O)(O)O. The molecule has 0 bridgehead atoms. The minimum atomic E-state index is -4.64. The second-order valence-corrected chi connectivity index (χ2v) is 4.59. The largest absolute Gasteiger partial charge is 0.466 e. The van der Waals surface area contributed by atoms with Crippen molar-refractivity contribution in [3.05, 3.63) is 12.2 Å². The Labute approximate surface area is 121 Å². The van der Waals surface area contributed by atoms with Gasteiger partial charge in [0.15, 0.2) is 0 Å². The van der Waals surface area contributed by atoms with E-state index in [0.29, 0.717) is 6.61 Å². The Morgan fingerprint density at radius 3 is 2.10 bits per heavy atom. The average molecular weight is 332 g/mol. The molecule has 0 aromatic rings. The fourth-order valence-corrected chi connectivity index (χ4v) is 0.727. The molecule has 0 aromatic carbocycles. The van der Waals surface area contributed by atoms with Gasteiger partial charge in [-0.3, -0.25) is 0 Å². The van der Waals surface area contributed by atoms with Gasteiger partial charge >= 0.3 is 13.8 Å². The summed E-state index contributed by atoms with van der Waals surface area (Å²) in [6.45, 7) is 5.49. The van der Waals surface area contributed by atoms with Gasteiger partial charge in [-0.05, 0) is 6.92 Å². The highest BCUT2D eigenvalue weighted by molar-refractivity contribution is 7.45. The third-order valence-electron chi connectivity index (χ3n) is 1.46. The fraction of sp³-hybridized carbons (Fsp3) is 0.700. The maximum atomic E-state index is 10.9. The van der Waals surface area contributed by atoms with E-state index in [1.165, 1.54) is 6.92 Å². The summed E-state index contributed by atoms with van der Waals surface area (Å²) in [6.07, 6.45) is -1.30. The van der Waals surface area contributed by atoms with Crippen LogP contribution in [-0.2, 0) is 23.6 Å². The van der Waals surface area contributed by atoms with Gasteiger partial charge in [0.1, 0.15) is 6.61 Å². The minimum absolute atomic E-state index is 0.0428. The first-order valence-corrected chi connectivity index (χ1v) is 7.23. The number of carbonyl (C=O) groups excluding carboxylic acids is 1. The molecule has 0 aliphatic rings. The van der Waals surface area contributed by atoms with Gasteiger partial charge in [0.25, 0.3) is 0 Å². The Morgan fingerprint density at radius 2 is 1.67 bits per heavy atom. The van der Waals surface area contributed by atoms with Gasteiger partial charge < -0.3 is 39.1 Å². The van der Waals surface area contributed by atoms with Gasteiger partial charge in [-0.25, -0.2) is 9.36 Å². The van der Waals surface area contributed by atoms with Crippen molar-refractivity contribution in [2.75, 3.05) is 33.0 Å². The van der Waals surface area contributed by atoms with Crippen LogP contribution < -0.4 is 0 Å². The molecule has 1 unspecified atom stereocenters. The summed E-state index contributed by atoms with van der Waals surface area (Å²) in [5, 5.41) is 17.6. The van der Waals surface area contributed by atoms with Gasteiger partial charge in [-0.2, -0.15) is 0 Å². The minimum Gasteiger partial charge on any atom is -0.430 e. The van der Waals surface area contributed by atoms with Gasteiger partial charge in [-0.1, -0.05) is 6.58 Å². The van der Waals surface area contributed by atoms with Gasteiger partial charge in [0.2, 0.25) is 6.29 Å². The number of phosphoric acid groups is 1. The average Bonchev–Trinajstić information content (AvgIpc) is 2.31. The number of esters is 1. The number of rotatable bonds is 9. The number of hydrogen-bond donors (Lipinski definition) is 5. The zero-order valence-corrected chi connectivity index (χ0v) is 12.4. The summed E-state index contributed by atoms with van der Waals surface area (Å²) in [5.74, 6) is -0.660. The molecule has 0 heterocycles. The standard InChI is InChI=1S/C10H18O6.H3O4P/c1-8(2)10(13)16-9(12)7-15-6-5-14-4-3-11;1-5(2,3)4/h9,11-12H,1,3-7H2,2H3;(H3,1,2,3,4). The van der Waals surface area contributed by atoms with Crippen LogP contribution in [0.4, 0.5) is 0 Å². The maximum absolute atomic E-state index is 10.9. The summed E-state index contributed by atoms with van der Waals surface area (Å²) in [5.41, 5.74) is 0.213. The van der Waals surface area contributed by atoms with E-state index >= 15 is 0 Å². The van der Waals surface area contributed by atoms with Gasteiger partial charge in [0, 0.05) is 5.57 Å². The quantitative estimate of drug-likeness (QED) is 0.111. The van der Waals surface area contributed by atoms with Crippen LogP contribution in [0.2, 0.25) is 0 Å². The van der Waals surface area contributed by atoms with Crippen LogP contribution in [0.25, 0.3) is 0 Å². The lowest BCUT2D eigenvalue weighted by Crippen LogP contribution is -2.24. The molecule has 0 radical (unpaired) electrons. The number of aliphatic hydroxyl groups excluding tert-OH is 2. The van der Waals surface area contributed by atoms with E-state index in [9.17, 15) is 9.90 Å². The van der Waals surface area contributed by atoms with Crippen LogP contribution in [0.15, 0.2) is 12.2 Å². The van der Waals surface area contributed by atoms with E-state index in [0.717, 1.165) is 0 Å². The molecule has 0 saturated carbocycles. The molecule has 0 aliphatic heterocycles. The van der Waals surface area contributed by atoms with Crippen LogP contribution in [-0.4, -0.2) is 70.2 Å². The summed E-state index contributed by atoms with van der Waals surface area (Å²) < 4.78 is 23.3. The maximum Gasteiger partial charge on any atom is 0.466 e. The molecule has 0 fully saturated rings. The summed E-state index contributed by atoms with van der Waals surface area (Å²) in [7, 11) is -4.64. The fourth-order valence-electron chi connectivity index (χ4n) is 0.727. The van der Waals surface area contributed by atoms with Crippen molar-refractivity contribution < 1.29 is 48.5 Å². The summed E-state index contributed by atoms with van der Waals surface area (Å²) in [4.78, 5) is 32.5. The highest BCUT2D eigenvalue weighted by atomic mass is 31.2. The molecular formula is C10H21O10P. The molecule has 0 aromatic heterocycles. The molecule has 0 amide bonds. The highest BCUT2D eigenvalue weighted by Crippen LogP contribution is 2.25. The molecule has 0 spiro atoms. The molecule has 1 atom stereocenters. The third kappa shape index (κ3) is 24.5. The predicted octanol–water partition coefficient (Wildman–Crippen LogP) is -1.48. The molecule has 21 heavy (non-hydrogen) atoms. The lowest BCUT2D eigenvalue weighted by molar-refractivity contribution is -0.173. The first kappa shape index (κ1) is 22.4. The Hall–Kier alpha value is -0.840. The zero-order valence-electron chi connectivity index (χ0n) is 11.5. The van der Waals surface area contributed by atoms with Crippen molar-refractivity contribution in [1.82, 2.24) is 0 Å². The second-order valence-electron chi connectivity index (χ2n) is 3.56. The molecule has 10 nitrogen and oxygen atoms in total. The lowest BCUT2D eigenvalue weighted by Gasteiger charge is -2.12. The Morgan fingerprint density at radius 1 is 1.19 bits per heavy atom. The van der Waals surface area contributed by atoms with Crippen molar-refractivity contribution in [1.29, 1.82) is 0 Å². The molecule has 11 heteroatoms. The predicted molar refractivity (Wildman–Crippen MR) is 69.9 cm³/mol. The first-order valence-electron chi connectivity index (χ1n) is 5.67. The van der Waals surface area contributed by atoms with Crippen molar-refractivity contribution >= 4 is 13.8 Å². The van der Waals surface area contributed by atoms with Crippen molar-refractivity contribution in [2.45, 2.75) is 13.2 Å². The monoisotopic (exact) mass is 332 g/mol. The first-order chi connectivity index (χ1) is 9.57. The van der Waals surface area contributed by atoms with Crippen molar-refractivity contribution in [3.8, 4) is 0 Å². The summed E-state index contributed by atoms with van der Waals surface area (Å²) in [6, 6.07) is 0. The topological polar surface area (TPSA) is 163 Å². The molecule has 0 aliphatic carbocycles. The molecule has 0 rings (SSSR count). The highest BCUT2D eigenvalue weighted by Gasteiger charge is 2.11. The zero-order chi connectivity index (χ0) is 16.9. The van der Waals surface area contributed by atoms with Crippen LogP contribution >= 0.6 is 7.82 Å². The Kier molecular flexibility index (Phi) is 13.8. The van der Waals surface area contributed by atoms with E-state index in [2.05, 4.69) is 11.3 Å². The molecule has 126 valence electrons. The molecular weight excluding hydrogens is 311 g/mol. The summed E-state index contributed by atoms with van der Waals surface area (Å²) >= 11 is 0. The number of hydrogen-bond acceptors (Lipinski definition) is 7. The van der Waals surface area contributed by atoms with Gasteiger partial charge in [-0.15, -0.1) is 0 Å². The smallest absolute Gasteiger partial charge is 0.430 e. The van der Waals surface area contributed by atoms with E-state index in [1.807, 2.05) is 0 Å². The normalized spacial score (nSPS) is 12.1. The Bertz CT molecular complexity index is 330. The van der Waals surface area contributed by atoms with Crippen molar-refractivity contribution in [2.24, 2.45) is 0 Å². The lowest BCUT2D eigenvalue weighted by atomic mass is 10.4. The number of aliphatic hydroxyl groups is 2. The molecule has 5 N–H and O–H groups in total.